The molecule has 2 aliphatic heterocycles. The van der Waals surface area contributed by atoms with E-state index in [1.54, 1.807) is 0 Å². The molecule has 2 aliphatic rings. The zero-order valence-electron chi connectivity index (χ0n) is 13.1. The van der Waals surface area contributed by atoms with E-state index in [0.29, 0.717) is 6.61 Å². The summed E-state index contributed by atoms with van der Waals surface area (Å²) in [6.07, 6.45) is 4.47. The van der Waals surface area contributed by atoms with Crippen LogP contribution in [0.3, 0.4) is 0 Å². The molecule has 0 aliphatic carbocycles. The Hall–Kier alpha value is -0.903. The highest BCUT2D eigenvalue weighted by atomic mass is 28.4. The zero-order chi connectivity index (χ0) is 14.6. The van der Waals surface area contributed by atoms with Gasteiger partial charge in [0, 0.05) is 0 Å². The third kappa shape index (κ3) is 2.00. The fourth-order valence-electron chi connectivity index (χ4n) is 2.66. The van der Waals surface area contributed by atoms with Crippen LogP contribution in [-0.4, -0.2) is 14.9 Å². The number of fused-ring (bicyclic) bond motifs is 5. The van der Waals surface area contributed by atoms with Gasteiger partial charge in [0.15, 0.2) is 8.32 Å². The Morgan fingerprint density at radius 1 is 1.25 bits per heavy atom. The first-order valence-electron chi connectivity index (χ1n) is 7.36. The van der Waals surface area contributed by atoms with Gasteiger partial charge >= 0.3 is 0 Å². The van der Waals surface area contributed by atoms with Crippen LogP contribution in [-0.2, 0) is 14.8 Å². The molecule has 3 rings (SSSR count). The second kappa shape index (κ2) is 4.29. The maximum absolute atomic E-state index is 6.42. The number of rotatable bonds is 3. The Morgan fingerprint density at radius 3 is 2.65 bits per heavy atom. The predicted octanol–water partition coefficient (Wildman–Crippen LogP) is 4.54. The van der Waals surface area contributed by atoms with Gasteiger partial charge in [-0.25, -0.2) is 0 Å². The Labute approximate surface area is 122 Å². The smallest absolute Gasteiger partial charge is 0.192 e. The summed E-state index contributed by atoms with van der Waals surface area (Å²) in [5, 5.41) is 0.226. The fraction of sp³-hybridized carbons (Fsp3) is 0.529. The summed E-state index contributed by atoms with van der Waals surface area (Å²) >= 11 is 0. The fourth-order valence-corrected chi connectivity index (χ4v) is 3.67. The van der Waals surface area contributed by atoms with Crippen molar-refractivity contribution >= 4 is 8.32 Å². The molecule has 3 heteroatoms. The minimum absolute atomic E-state index is 0.120. The first-order chi connectivity index (χ1) is 9.25. The average Bonchev–Trinajstić information content (AvgIpc) is 2.93. The molecule has 2 bridgehead atoms. The van der Waals surface area contributed by atoms with E-state index in [4.69, 9.17) is 9.16 Å². The van der Waals surface area contributed by atoms with Gasteiger partial charge in [-0.3, -0.25) is 0 Å². The molecule has 0 spiro atoms. The highest BCUT2D eigenvalue weighted by Crippen LogP contribution is 2.51. The SMILES string of the molecule is CC(C)(C)[Si](C)(C)OC[C@@]12C=C[C@@H](O1)c1ccccc12. The van der Waals surface area contributed by atoms with Crippen molar-refractivity contribution in [2.24, 2.45) is 0 Å². The molecule has 0 aromatic heterocycles. The molecular weight excluding hydrogens is 264 g/mol. The molecule has 2 nitrogen and oxygen atoms in total. The van der Waals surface area contributed by atoms with Crippen molar-refractivity contribution in [2.45, 2.75) is 50.6 Å². The van der Waals surface area contributed by atoms with Gasteiger partial charge in [0.25, 0.3) is 0 Å². The quantitative estimate of drug-likeness (QED) is 0.600. The summed E-state index contributed by atoms with van der Waals surface area (Å²) < 4.78 is 12.6. The molecule has 0 unspecified atom stereocenters. The van der Waals surface area contributed by atoms with E-state index in [-0.39, 0.29) is 16.7 Å². The maximum Gasteiger partial charge on any atom is 0.192 e. The molecule has 0 amide bonds. The number of ether oxygens (including phenoxy) is 1. The van der Waals surface area contributed by atoms with E-state index in [0.717, 1.165) is 0 Å². The third-order valence-corrected chi connectivity index (χ3v) is 9.53. The lowest BCUT2D eigenvalue weighted by molar-refractivity contribution is -0.0358. The number of hydrogen-bond donors (Lipinski definition) is 0. The van der Waals surface area contributed by atoms with Crippen molar-refractivity contribution in [1.82, 2.24) is 0 Å². The Balaban J connectivity index is 1.84. The van der Waals surface area contributed by atoms with Crippen molar-refractivity contribution in [3.05, 3.63) is 47.5 Å². The van der Waals surface area contributed by atoms with Crippen LogP contribution in [0.1, 0.15) is 38.0 Å². The van der Waals surface area contributed by atoms with Crippen molar-refractivity contribution in [3.8, 4) is 0 Å². The van der Waals surface area contributed by atoms with Crippen LogP contribution in [0.25, 0.3) is 0 Å². The summed E-state index contributed by atoms with van der Waals surface area (Å²) in [6, 6.07) is 8.51. The Bertz CT molecular complexity index is 556. The van der Waals surface area contributed by atoms with Gasteiger partial charge in [-0.1, -0.05) is 51.1 Å². The first-order valence-corrected chi connectivity index (χ1v) is 10.3. The minimum Gasteiger partial charge on any atom is -0.413 e. The largest absolute Gasteiger partial charge is 0.413 e. The van der Waals surface area contributed by atoms with Gasteiger partial charge in [-0.05, 0) is 35.3 Å². The molecule has 20 heavy (non-hydrogen) atoms. The van der Waals surface area contributed by atoms with Crippen LogP contribution in [0.4, 0.5) is 0 Å². The molecule has 0 N–H and O–H groups in total. The standard InChI is InChI=1S/C17H24O2Si/c1-16(2,3)20(4,5)18-12-17-11-10-15(19-17)13-8-6-7-9-14(13)17/h6-11,15H,12H2,1-5H3/t15-,17-/m1/s1. The molecule has 2 heterocycles. The number of benzene rings is 1. The van der Waals surface area contributed by atoms with E-state index < -0.39 is 8.32 Å². The molecule has 108 valence electrons. The van der Waals surface area contributed by atoms with E-state index in [1.807, 2.05) is 0 Å². The van der Waals surface area contributed by atoms with Crippen LogP contribution in [0.15, 0.2) is 36.4 Å². The van der Waals surface area contributed by atoms with Gasteiger partial charge in [0.1, 0.15) is 11.7 Å². The van der Waals surface area contributed by atoms with E-state index in [9.17, 15) is 0 Å². The van der Waals surface area contributed by atoms with Crippen LogP contribution >= 0.6 is 0 Å². The predicted molar refractivity (Wildman–Crippen MR) is 84.2 cm³/mol. The molecule has 0 saturated carbocycles. The lowest BCUT2D eigenvalue weighted by atomic mass is 9.88. The summed E-state index contributed by atoms with van der Waals surface area (Å²) in [7, 11) is -1.75. The van der Waals surface area contributed by atoms with E-state index >= 15 is 0 Å². The summed E-state index contributed by atoms with van der Waals surface area (Å²) in [5.74, 6) is 0. The monoisotopic (exact) mass is 288 g/mol. The van der Waals surface area contributed by atoms with Crippen molar-refractivity contribution in [2.75, 3.05) is 6.61 Å². The number of hydrogen-bond acceptors (Lipinski definition) is 2. The molecule has 0 fully saturated rings. The highest BCUT2D eigenvalue weighted by Gasteiger charge is 2.48. The average molecular weight is 288 g/mol. The first kappa shape index (κ1) is 14.1. The van der Waals surface area contributed by atoms with Gasteiger partial charge < -0.3 is 9.16 Å². The van der Waals surface area contributed by atoms with Gasteiger partial charge in [0.05, 0.1) is 6.61 Å². The van der Waals surface area contributed by atoms with Crippen LogP contribution in [0, 0.1) is 0 Å². The molecular formula is C17H24O2Si. The second-order valence-electron chi connectivity index (χ2n) is 7.42. The van der Waals surface area contributed by atoms with Crippen LogP contribution < -0.4 is 0 Å². The Morgan fingerprint density at radius 2 is 1.95 bits per heavy atom. The van der Waals surface area contributed by atoms with Crippen molar-refractivity contribution in [3.63, 3.8) is 0 Å². The normalized spacial score (nSPS) is 27.9. The van der Waals surface area contributed by atoms with Crippen molar-refractivity contribution in [1.29, 1.82) is 0 Å². The van der Waals surface area contributed by atoms with Crippen LogP contribution in [0.2, 0.25) is 18.1 Å². The Kier molecular flexibility index (Phi) is 3.02. The summed E-state index contributed by atoms with van der Waals surface area (Å²) in [5.41, 5.74) is 2.23. The lowest BCUT2D eigenvalue weighted by Crippen LogP contribution is -2.44. The molecule has 2 atom stereocenters. The summed E-state index contributed by atoms with van der Waals surface area (Å²) in [6.45, 7) is 12.0. The third-order valence-electron chi connectivity index (χ3n) is 5.05. The topological polar surface area (TPSA) is 18.5 Å². The highest BCUT2D eigenvalue weighted by molar-refractivity contribution is 6.74. The second-order valence-corrected chi connectivity index (χ2v) is 12.2. The van der Waals surface area contributed by atoms with E-state index in [1.165, 1.54) is 11.1 Å². The maximum atomic E-state index is 6.42. The zero-order valence-corrected chi connectivity index (χ0v) is 14.1. The molecule has 0 saturated heterocycles. The van der Waals surface area contributed by atoms with Gasteiger partial charge in [-0.2, -0.15) is 0 Å². The van der Waals surface area contributed by atoms with E-state index in [2.05, 4.69) is 70.3 Å². The van der Waals surface area contributed by atoms with Gasteiger partial charge in [-0.15, -0.1) is 0 Å². The molecule has 0 radical (unpaired) electrons. The van der Waals surface area contributed by atoms with Crippen molar-refractivity contribution < 1.29 is 9.16 Å². The lowest BCUT2D eigenvalue weighted by Gasteiger charge is -2.38. The minimum atomic E-state index is -1.75. The molecule has 1 aromatic carbocycles. The van der Waals surface area contributed by atoms with Gasteiger partial charge in [0.2, 0.25) is 0 Å². The van der Waals surface area contributed by atoms with Crippen LogP contribution in [0.5, 0.6) is 0 Å². The molecule has 1 aromatic rings. The summed E-state index contributed by atoms with van der Waals surface area (Å²) in [4.78, 5) is 0.